The van der Waals surface area contributed by atoms with Crippen LogP contribution in [0.1, 0.15) is 10.6 Å². The summed E-state index contributed by atoms with van der Waals surface area (Å²) >= 11 is 6.14. The number of rotatable bonds is 2. The van der Waals surface area contributed by atoms with Crippen LogP contribution in [0.4, 0.5) is 0 Å². The van der Waals surface area contributed by atoms with Crippen LogP contribution in [0.3, 0.4) is 0 Å². The molecule has 0 bridgehead atoms. The van der Waals surface area contributed by atoms with Crippen molar-refractivity contribution in [2.24, 2.45) is 0 Å². The van der Waals surface area contributed by atoms with Crippen molar-refractivity contribution in [1.29, 1.82) is 0 Å². The first kappa shape index (κ1) is 11.5. The van der Waals surface area contributed by atoms with Crippen molar-refractivity contribution in [2.45, 2.75) is 3.74 Å². The molecule has 0 saturated carbocycles. The van der Waals surface area contributed by atoms with E-state index in [1.54, 1.807) is 30.3 Å². The second-order valence-corrected chi connectivity index (χ2v) is 6.21. The summed E-state index contributed by atoms with van der Waals surface area (Å²) < 4.78 is 4.40. The maximum absolute atomic E-state index is 11.6. The van der Waals surface area contributed by atoms with Crippen LogP contribution in [0, 0.1) is 0 Å². The number of Topliss-reactive ketones (excluding diaryl/α,β-unsaturated/α-hetero) is 1. The Morgan fingerprint density at radius 1 is 1.25 bits per heavy atom. The van der Waals surface area contributed by atoms with Gasteiger partial charge in [-0.25, -0.2) is 4.79 Å². The number of ketones is 1. The monoisotopic (exact) mass is 344 g/mol. The maximum atomic E-state index is 11.6. The van der Waals surface area contributed by atoms with Gasteiger partial charge < -0.3 is 4.42 Å². The molecule has 2 aromatic rings. The third-order valence-electron chi connectivity index (χ3n) is 2.11. The molecule has 16 heavy (non-hydrogen) atoms. The average molecular weight is 346 g/mol. The van der Waals surface area contributed by atoms with Crippen molar-refractivity contribution in [2.75, 3.05) is 0 Å². The molecule has 5 heteroatoms. The highest BCUT2D eigenvalue weighted by Gasteiger charge is 2.17. The molecule has 82 valence electrons. The Bertz CT molecular complexity index is 601. The van der Waals surface area contributed by atoms with Gasteiger partial charge >= 0.3 is 5.63 Å². The quantitative estimate of drug-likeness (QED) is 0.620. The predicted molar refractivity (Wildman–Crippen MR) is 68.5 cm³/mol. The van der Waals surface area contributed by atoms with Crippen molar-refractivity contribution in [3.05, 3.63) is 46.5 Å². The van der Waals surface area contributed by atoms with Crippen molar-refractivity contribution in [3.8, 4) is 0 Å². The molecule has 1 aromatic carbocycles. The molecule has 1 aromatic heterocycles. The van der Waals surface area contributed by atoms with Gasteiger partial charge in [0.15, 0.2) is 5.76 Å². The largest absolute Gasteiger partial charge is 0.419 e. The molecule has 0 spiro atoms. The lowest BCUT2D eigenvalue weighted by Gasteiger charge is -2.01. The van der Waals surface area contributed by atoms with E-state index in [0.717, 1.165) is 0 Å². The zero-order chi connectivity index (χ0) is 11.7. The zero-order valence-corrected chi connectivity index (χ0v) is 11.1. The van der Waals surface area contributed by atoms with Gasteiger partial charge in [-0.3, -0.25) is 4.79 Å². The summed E-state index contributed by atoms with van der Waals surface area (Å²) in [5.74, 6) is -0.273. The van der Waals surface area contributed by atoms with Crippen LogP contribution in [-0.2, 0) is 0 Å². The fourth-order valence-corrected chi connectivity index (χ4v) is 1.81. The molecule has 0 aliphatic rings. The van der Waals surface area contributed by atoms with Gasteiger partial charge in [-0.2, -0.15) is 0 Å². The van der Waals surface area contributed by atoms with Crippen molar-refractivity contribution in [3.63, 3.8) is 0 Å². The van der Waals surface area contributed by atoms with Gasteiger partial charge in [-0.15, -0.1) is 0 Å². The summed E-state index contributed by atoms with van der Waals surface area (Å²) in [6.45, 7) is 0. The lowest BCUT2D eigenvalue weighted by atomic mass is 10.1. The molecule has 0 aliphatic heterocycles. The zero-order valence-electron chi connectivity index (χ0n) is 7.94. The Balaban J connectivity index is 2.67. The van der Waals surface area contributed by atoms with Crippen molar-refractivity contribution < 1.29 is 9.21 Å². The van der Waals surface area contributed by atoms with Gasteiger partial charge in [0.05, 0.1) is 5.39 Å². The van der Waals surface area contributed by atoms with Gasteiger partial charge in [-0.05, 0) is 17.5 Å². The van der Waals surface area contributed by atoms with Gasteiger partial charge in [0.1, 0.15) is 3.74 Å². The summed E-state index contributed by atoms with van der Waals surface area (Å²) in [5.41, 5.74) is -0.498. The topological polar surface area (TPSA) is 47.3 Å². The summed E-state index contributed by atoms with van der Waals surface area (Å²) in [7, 11) is 0. The van der Waals surface area contributed by atoms with Gasteiger partial charge in [0.25, 0.3) is 0 Å². The molecule has 0 amide bonds. The second-order valence-electron chi connectivity index (χ2n) is 3.15. The van der Waals surface area contributed by atoms with E-state index in [1.807, 2.05) is 0 Å². The number of hydrogen-bond acceptors (Lipinski definition) is 3. The summed E-state index contributed by atoms with van der Waals surface area (Å²) in [6.07, 6.45) is 0. The maximum Gasteiger partial charge on any atom is 0.344 e. The molecule has 2 rings (SSSR count). The molecule has 0 radical (unpaired) electrons. The first-order valence-electron chi connectivity index (χ1n) is 4.45. The van der Waals surface area contributed by atoms with Crippen LogP contribution in [0.15, 0.2) is 39.5 Å². The second kappa shape index (κ2) is 4.51. The molecule has 0 fully saturated rings. The molecule has 0 unspecified atom stereocenters. The highest BCUT2D eigenvalue weighted by molar-refractivity contribution is 9.25. The molecular formula is C11H6Br2O3. The predicted octanol–water partition coefficient (Wildman–Crippen LogP) is 3.09. The van der Waals surface area contributed by atoms with E-state index in [-0.39, 0.29) is 11.5 Å². The number of fused-ring (bicyclic) bond motifs is 1. The van der Waals surface area contributed by atoms with Crippen LogP contribution < -0.4 is 5.63 Å². The van der Waals surface area contributed by atoms with Crippen molar-refractivity contribution >= 4 is 48.4 Å². The Hall–Kier alpha value is -0.940. The van der Waals surface area contributed by atoms with Crippen LogP contribution in [0.2, 0.25) is 0 Å². The fraction of sp³-hybridized carbons (Fsp3) is 0.0909. The minimum absolute atomic E-state index is 0.0439. The molecule has 1 heterocycles. The van der Waals surface area contributed by atoms with Crippen LogP contribution in [0.25, 0.3) is 10.8 Å². The number of benzene rings is 1. The molecular weight excluding hydrogens is 340 g/mol. The minimum Gasteiger partial charge on any atom is -0.419 e. The molecule has 0 N–H and O–H groups in total. The van der Waals surface area contributed by atoms with E-state index in [0.29, 0.717) is 10.8 Å². The minimum atomic E-state index is -0.552. The molecule has 0 aliphatic carbocycles. The Morgan fingerprint density at radius 3 is 2.62 bits per heavy atom. The molecule has 0 saturated heterocycles. The number of carbonyl (C=O) groups excluding carboxylic acids is 1. The molecule has 0 atom stereocenters. The Kier molecular flexibility index (Phi) is 3.25. The van der Waals surface area contributed by atoms with E-state index in [9.17, 15) is 9.59 Å². The van der Waals surface area contributed by atoms with Crippen LogP contribution >= 0.6 is 31.9 Å². The number of hydrogen-bond donors (Lipinski definition) is 0. The van der Waals surface area contributed by atoms with E-state index >= 15 is 0 Å². The van der Waals surface area contributed by atoms with Gasteiger partial charge in [0, 0.05) is 0 Å². The van der Waals surface area contributed by atoms with Gasteiger partial charge in [-0.1, -0.05) is 50.1 Å². The third kappa shape index (κ3) is 2.10. The Morgan fingerprint density at radius 2 is 1.94 bits per heavy atom. The van der Waals surface area contributed by atoms with Crippen molar-refractivity contribution in [1.82, 2.24) is 0 Å². The normalized spacial score (nSPS) is 10.9. The smallest absolute Gasteiger partial charge is 0.344 e. The van der Waals surface area contributed by atoms with Crippen LogP contribution in [0.5, 0.6) is 0 Å². The SMILES string of the molecule is O=C(c1cc2ccccc2c(=O)o1)C(Br)Br. The number of carbonyl (C=O) groups is 1. The molecule has 3 nitrogen and oxygen atoms in total. The lowest BCUT2D eigenvalue weighted by molar-refractivity contribution is 0.0983. The number of alkyl halides is 2. The first-order valence-corrected chi connectivity index (χ1v) is 6.28. The van der Waals surface area contributed by atoms with E-state index in [2.05, 4.69) is 31.9 Å². The summed E-state index contributed by atoms with van der Waals surface area (Å²) in [4.78, 5) is 23.2. The van der Waals surface area contributed by atoms with E-state index in [1.165, 1.54) is 0 Å². The fourth-order valence-electron chi connectivity index (χ4n) is 1.36. The standard InChI is InChI=1S/C11H6Br2O3/c12-10(13)9(14)8-5-6-3-1-2-4-7(6)11(15)16-8/h1-5,10H. The summed E-state index contributed by atoms with van der Waals surface area (Å²) in [6, 6.07) is 8.54. The Labute approximate surface area is 108 Å². The third-order valence-corrected chi connectivity index (χ3v) is 2.94. The number of halogens is 2. The highest BCUT2D eigenvalue weighted by Crippen LogP contribution is 2.18. The summed E-state index contributed by atoms with van der Waals surface area (Å²) in [5, 5.41) is 1.17. The highest BCUT2D eigenvalue weighted by atomic mass is 79.9. The average Bonchev–Trinajstić information content (AvgIpc) is 2.28. The lowest BCUT2D eigenvalue weighted by Crippen LogP contribution is -2.11. The van der Waals surface area contributed by atoms with Gasteiger partial charge in [0.2, 0.25) is 5.78 Å². The first-order chi connectivity index (χ1) is 7.59. The van der Waals surface area contributed by atoms with E-state index < -0.39 is 9.36 Å². The van der Waals surface area contributed by atoms with E-state index in [4.69, 9.17) is 4.42 Å². The van der Waals surface area contributed by atoms with Crippen LogP contribution in [-0.4, -0.2) is 9.52 Å².